The SMILES string of the molecule is O=C(NCCOc1cccc(F)c1)N1CCCN(Cc2ccc(Cl)cc2)CC1. The Morgan fingerprint density at radius 2 is 1.93 bits per heavy atom. The normalized spacial score (nSPS) is 15.1. The summed E-state index contributed by atoms with van der Waals surface area (Å²) in [5, 5.41) is 3.61. The van der Waals surface area contributed by atoms with Gasteiger partial charge in [-0.3, -0.25) is 4.90 Å². The molecular formula is C21H25ClFN3O2. The van der Waals surface area contributed by atoms with Crippen LogP contribution in [0.1, 0.15) is 12.0 Å². The Labute approximate surface area is 170 Å². The second-order valence-electron chi connectivity index (χ2n) is 6.78. The predicted molar refractivity (Wildman–Crippen MR) is 108 cm³/mol. The molecule has 0 saturated carbocycles. The third-order valence-electron chi connectivity index (χ3n) is 4.64. The first-order valence-electron chi connectivity index (χ1n) is 9.48. The van der Waals surface area contributed by atoms with E-state index >= 15 is 0 Å². The number of rotatable bonds is 6. The van der Waals surface area contributed by atoms with E-state index in [4.69, 9.17) is 16.3 Å². The van der Waals surface area contributed by atoms with Crippen LogP contribution in [-0.4, -0.2) is 55.2 Å². The molecule has 0 radical (unpaired) electrons. The van der Waals surface area contributed by atoms with Crippen LogP contribution in [0.4, 0.5) is 9.18 Å². The first-order chi connectivity index (χ1) is 13.6. The average molecular weight is 406 g/mol. The van der Waals surface area contributed by atoms with Crippen molar-refractivity contribution in [3.63, 3.8) is 0 Å². The van der Waals surface area contributed by atoms with Crippen LogP contribution in [-0.2, 0) is 6.54 Å². The Morgan fingerprint density at radius 3 is 2.71 bits per heavy atom. The van der Waals surface area contributed by atoms with Crippen molar-refractivity contribution >= 4 is 17.6 Å². The summed E-state index contributed by atoms with van der Waals surface area (Å²) in [6.45, 7) is 4.73. The van der Waals surface area contributed by atoms with Crippen LogP contribution in [0.3, 0.4) is 0 Å². The summed E-state index contributed by atoms with van der Waals surface area (Å²) in [5.41, 5.74) is 1.22. The molecule has 0 aromatic heterocycles. The third kappa shape index (κ3) is 6.39. The lowest BCUT2D eigenvalue weighted by atomic mass is 10.2. The molecule has 2 aromatic carbocycles. The summed E-state index contributed by atoms with van der Waals surface area (Å²) in [5.74, 6) is 0.121. The highest BCUT2D eigenvalue weighted by Gasteiger charge is 2.18. The largest absolute Gasteiger partial charge is 0.492 e. The molecule has 150 valence electrons. The van der Waals surface area contributed by atoms with E-state index in [1.54, 1.807) is 12.1 Å². The summed E-state index contributed by atoms with van der Waals surface area (Å²) in [6, 6.07) is 13.8. The molecule has 1 N–H and O–H groups in total. The number of nitrogens with one attached hydrogen (secondary N) is 1. The van der Waals surface area contributed by atoms with E-state index in [1.807, 2.05) is 29.2 Å². The van der Waals surface area contributed by atoms with Gasteiger partial charge in [-0.1, -0.05) is 29.8 Å². The van der Waals surface area contributed by atoms with Crippen LogP contribution in [0.5, 0.6) is 5.75 Å². The second-order valence-corrected chi connectivity index (χ2v) is 7.22. The van der Waals surface area contributed by atoms with Crippen LogP contribution in [0.2, 0.25) is 5.02 Å². The molecule has 1 heterocycles. The fourth-order valence-electron chi connectivity index (χ4n) is 3.18. The fourth-order valence-corrected chi connectivity index (χ4v) is 3.30. The molecule has 3 rings (SSSR count). The molecule has 1 fully saturated rings. The summed E-state index contributed by atoms with van der Waals surface area (Å²) in [6.07, 6.45) is 0.931. The Bertz CT molecular complexity index is 773. The van der Waals surface area contributed by atoms with Gasteiger partial charge in [-0.25, -0.2) is 9.18 Å². The lowest BCUT2D eigenvalue weighted by molar-refractivity contribution is 0.194. The molecule has 1 aliphatic rings. The lowest BCUT2D eigenvalue weighted by Gasteiger charge is -2.22. The number of amides is 2. The smallest absolute Gasteiger partial charge is 0.317 e. The van der Waals surface area contributed by atoms with E-state index in [0.717, 1.165) is 37.6 Å². The lowest BCUT2D eigenvalue weighted by Crippen LogP contribution is -2.43. The molecule has 0 spiro atoms. The highest BCUT2D eigenvalue weighted by atomic mass is 35.5. The van der Waals surface area contributed by atoms with Gasteiger partial charge in [-0.2, -0.15) is 0 Å². The van der Waals surface area contributed by atoms with Crippen molar-refractivity contribution in [2.75, 3.05) is 39.3 Å². The maximum Gasteiger partial charge on any atom is 0.317 e. The van der Waals surface area contributed by atoms with Crippen LogP contribution in [0.15, 0.2) is 48.5 Å². The van der Waals surface area contributed by atoms with Crippen molar-refractivity contribution in [3.05, 3.63) is 64.9 Å². The first kappa shape index (κ1) is 20.4. The molecule has 0 unspecified atom stereocenters. The number of carbonyl (C=O) groups is 1. The van der Waals surface area contributed by atoms with Crippen molar-refractivity contribution in [2.45, 2.75) is 13.0 Å². The Morgan fingerprint density at radius 1 is 1.11 bits per heavy atom. The standard InChI is InChI=1S/C21H25ClFN3O2/c22-18-7-5-17(6-8-18)16-25-10-2-11-26(13-12-25)21(27)24-9-14-28-20-4-1-3-19(23)15-20/h1,3-8,15H,2,9-14,16H2,(H,24,27). The minimum atomic E-state index is -0.339. The molecule has 2 aromatic rings. The van der Waals surface area contributed by atoms with Gasteiger partial charge in [0.2, 0.25) is 0 Å². The zero-order valence-electron chi connectivity index (χ0n) is 15.7. The van der Waals surface area contributed by atoms with Crippen molar-refractivity contribution in [2.24, 2.45) is 0 Å². The molecule has 5 nitrogen and oxygen atoms in total. The number of nitrogens with zero attached hydrogens (tertiary/aromatic N) is 2. The quantitative estimate of drug-likeness (QED) is 0.744. The highest BCUT2D eigenvalue weighted by molar-refractivity contribution is 6.30. The van der Waals surface area contributed by atoms with Gasteiger partial charge in [0.25, 0.3) is 0 Å². The van der Waals surface area contributed by atoms with Crippen LogP contribution in [0.25, 0.3) is 0 Å². The molecule has 7 heteroatoms. The number of hydrogen-bond donors (Lipinski definition) is 1. The molecule has 2 amide bonds. The van der Waals surface area contributed by atoms with Gasteiger partial charge in [0, 0.05) is 43.8 Å². The number of halogens is 2. The molecule has 0 bridgehead atoms. The summed E-state index contributed by atoms with van der Waals surface area (Å²) < 4.78 is 18.6. The van der Waals surface area contributed by atoms with Crippen molar-refractivity contribution in [1.82, 2.24) is 15.1 Å². The van der Waals surface area contributed by atoms with Gasteiger partial charge < -0.3 is 15.0 Å². The van der Waals surface area contributed by atoms with E-state index in [9.17, 15) is 9.18 Å². The minimum Gasteiger partial charge on any atom is -0.492 e. The average Bonchev–Trinajstić information content (AvgIpc) is 2.93. The maximum absolute atomic E-state index is 13.1. The van der Waals surface area contributed by atoms with Crippen LogP contribution >= 0.6 is 11.6 Å². The van der Waals surface area contributed by atoms with Crippen LogP contribution in [0, 0.1) is 5.82 Å². The molecule has 1 saturated heterocycles. The van der Waals surface area contributed by atoms with E-state index in [0.29, 0.717) is 25.4 Å². The number of ether oxygens (including phenoxy) is 1. The molecule has 28 heavy (non-hydrogen) atoms. The number of urea groups is 1. The molecular weight excluding hydrogens is 381 g/mol. The Kier molecular flexibility index (Phi) is 7.51. The summed E-state index contributed by atoms with van der Waals surface area (Å²) >= 11 is 5.94. The second kappa shape index (κ2) is 10.3. The van der Waals surface area contributed by atoms with Crippen molar-refractivity contribution in [3.8, 4) is 5.75 Å². The van der Waals surface area contributed by atoms with E-state index < -0.39 is 0 Å². The Balaban J connectivity index is 1.38. The van der Waals surface area contributed by atoms with Gasteiger partial charge in [-0.05, 0) is 36.2 Å². The molecule has 0 atom stereocenters. The topological polar surface area (TPSA) is 44.8 Å². The van der Waals surface area contributed by atoms with Crippen LogP contribution < -0.4 is 10.1 Å². The minimum absolute atomic E-state index is 0.0869. The predicted octanol–water partition coefficient (Wildman–Crippen LogP) is 3.78. The molecule has 1 aliphatic heterocycles. The van der Waals surface area contributed by atoms with E-state index in [2.05, 4.69) is 10.2 Å². The van der Waals surface area contributed by atoms with Gasteiger partial charge in [0.1, 0.15) is 18.2 Å². The van der Waals surface area contributed by atoms with Gasteiger partial charge >= 0.3 is 6.03 Å². The van der Waals surface area contributed by atoms with Gasteiger partial charge in [0.15, 0.2) is 0 Å². The van der Waals surface area contributed by atoms with Gasteiger partial charge in [-0.15, -0.1) is 0 Å². The van der Waals surface area contributed by atoms with Crippen molar-refractivity contribution in [1.29, 1.82) is 0 Å². The highest BCUT2D eigenvalue weighted by Crippen LogP contribution is 2.13. The zero-order chi connectivity index (χ0) is 19.8. The van der Waals surface area contributed by atoms with E-state index in [1.165, 1.54) is 17.7 Å². The molecule has 0 aliphatic carbocycles. The number of hydrogen-bond acceptors (Lipinski definition) is 3. The van der Waals surface area contributed by atoms with Gasteiger partial charge in [0.05, 0.1) is 6.54 Å². The van der Waals surface area contributed by atoms with E-state index in [-0.39, 0.29) is 11.8 Å². The monoisotopic (exact) mass is 405 g/mol. The summed E-state index contributed by atoms with van der Waals surface area (Å²) in [7, 11) is 0. The Hall–Kier alpha value is -2.31. The number of benzene rings is 2. The third-order valence-corrected chi connectivity index (χ3v) is 4.89. The van der Waals surface area contributed by atoms with Crippen molar-refractivity contribution < 1.29 is 13.9 Å². The fraction of sp³-hybridized carbons (Fsp3) is 0.381. The summed E-state index contributed by atoms with van der Waals surface area (Å²) in [4.78, 5) is 16.6. The zero-order valence-corrected chi connectivity index (χ0v) is 16.5. The number of carbonyl (C=O) groups excluding carboxylic acids is 1. The maximum atomic E-state index is 13.1. The first-order valence-corrected chi connectivity index (χ1v) is 9.86.